The van der Waals surface area contributed by atoms with Gasteiger partial charge in [0, 0.05) is 17.1 Å². The molecule has 1 aromatic heterocycles. The summed E-state index contributed by atoms with van der Waals surface area (Å²) in [7, 11) is 0. The highest BCUT2D eigenvalue weighted by Gasteiger charge is 2.18. The summed E-state index contributed by atoms with van der Waals surface area (Å²) in [5.74, 6) is 0.0238. The molecule has 0 bridgehead atoms. The molecule has 106 valence electrons. The second kappa shape index (κ2) is 5.98. The van der Waals surface area contributed by atoms with Crippen molar-refractivity contribution in [1.29, 1.82) is 0 Å². The summed E-state index contributed by atoms with van der Waals surface area (Å²) in [5.41, 5.74) is 3.07. The minimum absolute atomic E-state index is 0.0238. The molecule has 20 heavy (non-hydrogen) atoms. The fourth-order valence-corrected chi connectivity index (χ4v) is 2.65. The van der Waals surface area contributed by atoms with E-state index >= 15 is 0 Å². The van der Waals surface area contributed by atoms with Gasteiger partial charge >= 0.3 is 0 Å². The molecule has 2 aromatic rings. The van der Waals surface area contributed by atoms with Crippen molar-refractivity contribution in [2.75, 3.05) is 0 Å². The molecule has 0 N–H and O–H groups in total. The molecule has 0 unspecified atom stereocenters. The van der Waals surface area contributed by atoms with Gasteiger partial charge in [0.15, 0.2) is 5.78 Å². The Hall–Kier alpha value is -1.32. The molecule has 1 heterocycles. The molecule has 0 radical (unpaired) electrons. The lowest BCUT2D eigenvalue weighted by Gasteiger charge is -2.07. The van der Waals surface area contributed by atoms with Crippen LogP contribution in [0.3, 0.4) is 0 Å². The summed E-state index contributed by atoms with van der Waals surface area (Å²) in [4.78, 5) is 12.4. The normalized spacial score (nSPS) is 10.8. The van der Waals surface area contributed by atoms with E-state index in [2.05, 4.69) is 5.10 Å². The molecule has 0 spiro atoms. The van der Waals surface area contributed by atoms with Gasteiger partial charge in [-0.25, -0.2) is 0 Å². The van der Waals surface area contributed by atoms with E-state index in [1.807, 2.05) is 20.8 Å². The van der Waals surface area contributed by atoms with Crippen molar-refractivity contribution in [3.8, 4) is 0 Å². The average molecular weight is 311 g/mol. The summed E-state index contributed by atoms with van der Waals surface area (Å²) < 4.78 is 1.78. The highest BCUT2D eigenvalue weighted by atomic mass is 35.5. The SMILES string of the molecule is CCn1nc(C)c(Cl)c1CC(=O)c1ccc(Cl)cc1C. The highest BCUT2D eigenvalue weighted by molar-refractivity contribution is 6.32. The zero-order valence-corrected chi connectivity index (χ0v) is 13.2. The van der Waals surface area contributed by atoms with Gasteiger partial charge in [0.25, 0.3) is 0 Å². The third kappa shape index (κ3) is 2.89. The maximum absolute atomic E-state index is 12.4. The monoisotopic (exact) mass is 310 g/mol. The maximum Gasteiger partial charge on any atom is 0.169 e. The number of benzene rings is 1. The molecule has 0 atom stereocenters. The summed E-state index contributed by atoms with van der Waals surface area (Å²) in [6.07, 6.45) is 0.246. The van der Waals surface area contributed by atoms with Gasteiger partial charge in [-0.05, 0) is 44.5 Å². The van der Waals surface area contributed by atoms with Gasteiger partial charge in [0.1, 0.15) is 0 Å². The molecular weight excluding hydrogens is 295 g/mol. The smallest absolute Gasteiger partial charge is 0.169 e. The van der Waals surface area contributed by atoms with Crippen molar-refractivity contribution in [3.05, 3.63) is 50.8 Å². The second-order valence-electron chi connectivity index (χ2n) is 4.72. The standard InChI is InChI=1S/C15H16Cl2N2O/c1-4-19-13(15(17)10(3)18-19)8-14(20)12-6-5-11(16)7-9(12)2/h5-7H,4,8H2,1-3H3. The van der Waals surface area contributed by atoms with Crippen LogP contribution in [0.4, 0.5) is 0 Å². The number of aromatic nitrogens is 2. The first-order chi connectivity index (χ1) is 9.43. The van der Waals surface area contributed by atoms with Crippen molar-refractivity contribution in [3.63, 3.8) is 0 Å². The van der Waals surface area contributed by atoms with Crippen LogP contribution < -0.4 is 0 Å². The lowest BCUT2D eigenvalue weighted by atomic mass is 10.0. The third-order valence-electron chi connectivity index (χ3n) is 3.27. The molecular formula is C15H16Cl2N2O. The van der Waals surface area contributed by atoms with E-state index in [1.54, 1.807) is 22.9 Å². The van der Waals surface area contributed by atoms with E-state index in [0.717, 1.165) is 17.0 Å². The van der Waals surface area contributed by atoms with Gasteiger partial charge in [-0.3, -0.25) is 9.48 Å². The predicted octanol–water partition coefficient (Wildman–Crippen LogP) is 4.25. The summed E-state index contributed by atoms with van der Waals surface area (Å²) >= 11 is 12.1. The molecule has 0 aliphatic rings. The van der Waals surface area contributed by atoms with Gasteiger partial charge in [-0.1, -0.05) is 23.2 Å². The number of carbonyl (C=O) groups excluding carboxylic acids is 1. The van der Waals surface area contributed by atoms with Crippen LogP contribution in [0, 0.1) is 13.8 Å². The Bertz CT molecular complexity index is 662. The Kier molecular flexibility index (Phi) is 4.51. The first-order valence-corrected chi connectivity index (χ1v) is 7.20. The largest absolute Gasteiger partial charge is 0.294 e. The summed E-state index contributed by atoms with van der Waals surface area (Å²) in [6.45, 7) is 6.39. The van der Waals surface area contributed by atoms with Gasteiger partial charge in [-0.15, -0.1) is 0 Å². The molecule has 0 amide bonds. The first kappa shape index (κ1) is 15.1. The van der Waals surface area contributed by atoms with Gasteiger partial charge < -0.3 is 0 Å². The van der Waals surface area contributed by atoms with Crippen LogP contribution in [0.5, 0.6) is 0 Å². The quantitative estimate of drug-likeness (QED) is 0.791. The number of halogens is 2. The Morgan fingerprint density at radius 1 is 1.30 bits per heavy atom. The van der Waals surface area contributed by atoms with E-state index in [0.29, 0.717) is 22.2 Å². The van der Waals surface area contributed by atoms with Gasteiger partial charge in [0.05, 0.1) is 22.8 Å². The van der Waals surface area contributed by atoms with Crippen molar-refractivity contribution < 1.29 is 4.79 Å². The molecule has 0 saturated heterocycles. The van der Waals surface area contributed by atoms with E-state index < -0.39 is 0 Å². The molecule has 2 rings (SSSR count). The third-order valence-corrected chi connectivity index (χ3v) is 4.00. The minimum Gasteiger partial charge on any atom is -0.294 e. The van der Waals surface area contributed by atoms with Gasteiger partial charge in [-0.2, -0.15) is 5.10 Å². The van der Waals surface area contributed by atoms with Crippen LogP contribution in [0.2, 0.25) is 10.0 Å². The Morgan fingerprint density at radius 3 is 2.60 bits per heavy atom. The van der Waals surface area contributed by atoms with E-state index in [1.165, 1.54) is 0 Å². The van der Waals surface area contributed by atoms with E-state index in [9.17, 15) is 4.79 Å². The van der Waals surface area contributed by atoms with E-state index in [4.69, 9.17) is 23.2 Å². The minimum atomic E-state index is 0.0238. The molecule has 3 nitrogen and oxygen atoms in total. The summed E-state index contributed by atoms with van der Waals surface area (Å²) in [5, 5.41) is 5.53. The van der Waals surface area contributed by atoms with Crippen LogP contribution in [0.25, 0.3) is 0 Å². The number of carbonyl (C=O) groups is 1. The Morgan fingerprint density at radius 2 is 2.00 bits per heavy atom. The lowest BCUT2D eigenvalue weighted by molar-refractivity contribution is 0.0990. The number of aryl methyl sites for hydroxylation is 3. The zero-order chi connectivity index (χ0) is 14.9. The zero-order valence-electron chi connectivity index (χ0n) is 11.7. The van der Waals surface area contributed by atoms with Crippen molar-refractivity contribution in [2.24, 2.45) is 0 Å². The Labute approximate surface area is 128 Å². The van der Waals surface area contributed by atoms with Crippen LogP contribution in [-0.2, 0) is 13.0 Å². The number of hydrogen-bond donors (Lipinski definition) is 0. The predicted molar refractivity (Wildman–Crippen MR) is 81.9 cm³/mol. The number of rotatable bonds is 4. The molecule has 0 aliphatic carbocycles. The lowest BCUT2D eigenvalue weighted by Crippen LogP contribution is -2.11. The number of Topliss-reactive ketones (excluding diaryl/α,β-unsaturated/α-hetero) is 1. The molecule has 5 heteroatoms. The fraction of sp³-hybridized carbons (Fsp3) is 0.333. The highest BCUT2D eigenvalue weighted by Crippen LogP contribution is 2.23. The van der Waals surface area contributed by atoms with Crippen LogP contribution in [0.1, 0.15) is 34.2 Å². The molecule has 0 fully saturated rings. The maximum atomic E-state index is 12.4. The molecule has 0 saturated carbocycles. The van der Waals surface area contributed by atoms with Crippen molar-refractivity contribution >= 4 is 29.0 Å². The van der Waals surface area contributed by atoms with Crippen LogP contribution in [-0.4, -0.2) is 15.6 Å². The number of ketones is 1. The molecule has 0 aliphatic heterocycles. The van der Waals surface area contributed by atoms with Crippen LogP contribution in [0.15, 0.2) is 18.2 Å². The van der Waals surface area contributed by atoms with Crippen molar-refractivity contribution in [1.82, 2.24) is 9.78 Å². The number of hydrogen-bond acceptors (Lipinski definition) is 2. The first-order valence-electron chi connectivity index (χ1n) is 6.45. The Balaban J connectivity index is 2.32. The molecule has 1 aromatic carbocycles. The topological polar surface area (TPSA) is 34.9 Å². The summed E-state index contributed by atoms with van der Waals surface area (Å²) in [6, 6.07) is 5.28. The number of nitrogens with zero attached hydrogens (tertiary/aromatic N) is 2. The van der Waals surface area contributed by atoms with Gasteiger partial charge in [0.2, 0.25) is 0 Å². The van der Waals surface area contributed by atoms with Crippen molar-refractivity contribution in [2.45, 2.75) is 33.7 Å². The average Bonchev–Trinajstić information content (AvgIpc) is 2.66. The fourth-order valence-electron chi connectivity index (χ4n) is 2.23. The van der Waals surface area contributed by atoms with E-state index in [-0.39, 0.29) is 12.2 Å². The van der Waals surface area contributed by atoms with Crippen LogP contribution >= 0.6 is 23.2 Å². The second-order valence-corrected chi connectivity index (χ2v) is 5.54.